The predicted octanol–water partition coefficient (Wildman–Crippen LogP) is 1.73. The molecule has 3 nitrogen and oxygen atoms in total. The highest BCUT2D eigenvalue weighted by Gasteiger charge is 2.46. The molecule has 0 bridgehead atoms. The molecule has 1 spiro atoms. The van der Waals surface area contributed by atoms with Gasteiger partial charge in [-0.05, 0) is 32.9 Å². The predicted molar refractivity (Wildman–Crippen MR) is 67.7 cm³/mol. The lowest BCUT2D eigenvalue weighted by molar-refractivity contribution is -0.149. The van der Waals surface area contributed by atoms with E-state index in [-0.39, 0.29) is 0 Å². The van der Waals surface area contributed by atoms with Gasteiger partial charge in [0.2, 0.25) is 5.91 Å². The molecule has 1 atom stereocenters. The zero-order valence-corrected chi connectivity index (χ0v) is 11.0. The van der Waals surface area contributed by atoms with Crippen LogP contribution < -0.4 is 0 Å². The summed E-state index contributed by atoms with van der Waals surface area (Å²) in [6, 6.07) is 0. The van der Waals surface area contributed by atoms with E-state index in [2.05, 4.69) is 16.8 Å². The second-order valence-corrected chi connectivity index (χ2v) is 6.50. The zero-order chi connectivity index (χ0) is 11.9. The smallest absolute Gasteiger partial charge is 0.227 e. The monoisotopic (exact) mass is 236 g/mol. The van der Waals surface area contributed by atoms with Crippen LogP contribution in [-0.2, 0) is 4.79 Å². The summed E-state index contributed by atoms with van der Waals surface area (Å²) in [5, 5.41) is 0. The zero-order valence-electron chi connectivity index (χ0n) is 11.0. The minimum absolute atomic E-state index is 0.293. The topological polar surface area (TPSA) is 23.6 Å². The Morgan fingerprint density at radius 2 is 1.88 bits per heavy atom. The molecule has 0 aromatic carbocycles. The minimum atomic E-state index is 0.293. The maximum Gasteiger partial charge on any atom is 0.227 e. The van der Waals surface area contributed by atoms with Crippen molar-refractivity contribution in [3.63, 3.8) is 0 Å². The molecule has 3 heteroatoms. The summed E-state index contributed by atoms with van der Waals surface area (Å²) in [6.07, 6.45) is 7.97. The van der Waals surface area contributed by atoms with Crippen molar-refractivity contribution in [2.45, 2.75) is 38.5 Å². The van der Waals surface area contributed by atoms with Crippen LogP contribution in [0.4, 0.5) is 0 Å². The Hall–Kier alpha value is -0.570. The van der Waals surface area contributed by atoms with Crippen LogP contribution in [0.1, 0.15) is 38.5 Å². The summed E-state index contributed by atoms with van der Waals surface area (Å²) in [5.74, 6) is 0.728. The number of carbonyl (C=O) groups excluding carboxylic acids is 1. The average Bonchev–Trinajstić information content (AvgIpc) is 2.73. The molecule has 17 heavy (non-hydrogen) atoms. The van der Waals surface area contributed by atoms with Crippen molar-refractivity contribution in [1.29, 1.82) is 0 Å². The van der Waals surface area contributed by atoms with E-state index in [1.54, 1.807) is 0 Å². The van der Waals surface area contributed by atoms with Gasteiger partial charge in [-0.1, -0.05) is 19.3 Å². The van der Waals surface area contributed by atoms with Gasteiger partial charge in [0.25, 0.3) is 0 Å². The van der Waals surface area contributed by atoms with Crippen LogP contribution >= 0.6 is 0 Å². The Morgan fingerprint density at radius 3 is 2.47 bits per heavy atom. The minimum Gasteiger partial charge on any atom is -0.341 e. The molecule has 0 aromatic rings. The van der Waals surface area contributed by atoms with Gasteiger partial charge in [0.05, 0.1) is 5.92 Å². The third-order valence-electron chi connectivity index (χ3n) is 5.02. The molecule has 1 unspecified atom stereocenters. The molecule has 3 rings (SSSR count). The molecule has 3 fully saturated rings. The average molecular weight is 236 g/mol. The lowest BCUT2D eigenvalue weighted by Crippen LogP contribution is -2.60. The second-order valence-electron chi connectivity index (χ2n) is 6.50. The van der Waals surface area contributed by atoms with Gasteiger partial charge in [-0.3, -0.25) is 4.79 Å². The second kappa shape index (κ2) is 4.27. The lowest BCUT2D eigenvalue weighted by Gasteiger charge is -2.53. The van der Waals surface area contributed by atoms with Crippen LogP contribution in [0.15, 0.2) is 0 Å². The van der Waals surface area contributed by atoms with Gasteiger partial charge in [0.1, 0.15) is 0 Å². The van der Waals surface area contributed by atoms with Crippen molar-refractivity contribution in [2.24, 2.45) is 11.3 Å². The van der Waals surface area contributed by atoms with Crippen molar-refractivity contribution in [3.8, 4) is 0 Å². The first kappa shape index (κ1) is 11.5. The summed E-state index contributed by atoms with van der Waals surface area (Å²) >= 11 is 0. The molecule has 0 aromatic heterocycles. The van der Waals surface area contributed by atoms with Crippen LogP contribution in [0.5, 0.6) is 0 Å². The summed E-state index contributed by atoms with van der Waals surface area (Å²) in [5.41, 5.74) is 0.540. The summed E-state index contributed by atoms with van der Waals surface area (Å²) in [7, 11) is 2.12. The van der Waals surface area contributed by atoms with Crippen molar-refractivity contribution in [3.05, 3.63) is 0 Å². The van der Waals surface area contributed by atoms with E-state index < -0.39 is 0 Å². The van der Waals surface area contributed by atoms with Gasteiger partial charge in [0, 0.05) is 25.0 Å². The molecule has 1 saturated carbocycles. The Balaban J connectivity index is 1.53. The third kappa shape index (κ3) is 2.10. The van der Waals surface area contributed by atoms with Crippen LogP contribution in [0.2, 0.25) is 0 Å². The number of carbonyl (C=O) groups is 1. The van der Waals surface area contributed by atoms with E-state index in [1.807, 2.05) is 0 Å². The van der Waals surface area contributed by atoms with Crippen molar-refractivity contribution in [1.82, 2.24) is 9.80 Å². The number of rotatable bonds is 1. The molecule has 2 saturated heterocycles. The van der Waals surface area contributed by atoms with Crippen molar-refractivity contribution in [2.75, 3.05) is 33.2 Å². The van der Waals surface area contributed by atoms with Gasteiger partial charge in [-0.25, -0.2) is 0 Å². The fourth-order valence-corrected chi connectivity index (χ4v) is 3.93. The van der Waals surface area contributed by atoms with Gasteiger partial charge < -0.3 is 9.80 Å². The van der Waals surface area contributed by atoms with Crippen molar-refractivity contribution >= 4 is 5.91 Å². The number of likely N-dealkylation sites (tertiary alicyclic amines) is 2. The maximum atomic E-state index is 12.3. The highest BCUT2D eigenvalue weighted by Crippen LogP contribution is 2.44. The molecule has 2 heterocycles. The maximum absolute atomic E-state index is 12.3. The molecule has 0 radical (unpaired) electrons. The van der Waals surface area contributed by atoms with Crippen LogP contribution in [0, 0.1) is 11.3 Å². The van der Waals surface area contributed by atoms with Gasteiger partial charge in [-0.2, -0.15) is 0 Å². The van der Waals surface area contributed by atoms with E-state index in [0.717, 1.165) is 32.6 Å². The molecule has 96 valence electrons. The number of amides is 1. The summed E-state index contributed by atoms with van der Waals surface area (Å²) in [4.78, 5) is 16.7. The first-order valence-corrected chi connectivity index (χ1v) is 7.16. The van der Waals surface area contributed by atoms with Crippen molar-refractivity contribution < 1.29 is 4.79 Å². The molecule has 2 aliphatic heterocycles. The van der Waals surface area contributed by atoms with Gasteiger partial charge >= 0.3 is 0 Å². The lowest BCUT2D eigenvalue weighted by atomic mass is 9.68. The Morgan fingerprint density at radius 1 is 1.18 bits per heavy atom. The normalized spacial score (nSPS) is 32.8. The quantitative estimate of drug-likeness (QED) is 0.692. The van der Waals surface area contributed by atoms with Crippen LogP contribution in [-0.4, -0.2) is 48.9 Å². The first-order valence-electron chi connectivity index (χ1n) is 7.16. The fraction of sp³-hybridized carbons (Fsp3) is 0.929. The number of hydrogen-bond acceptors (Lipinski definition) is 2. The molecule has 0 N–H and O–H groups in total. The third-order valence-corrected chi connectivity index (χ3v) is 5.02. The highest BCUT2D eigenvalue weighted by molar-refractivity contribution is 5.80. The molecular weight excluding hydrogens is 212 g/mol. The van der Waals surface area contributed by atoms with E-state index in [4.69, 9.17) is 0 Å². The van der Waals surface area contributed by atoms with Gasteiger partial charge in [-0.15, -0.1) is 0 Å². The molecular formula is C14H24N2O. The van der Waals surface area contributed by atoms with E-state index in [1.165, 1.54) is 32.1 Å². The Labute approximate surface area is 104 Å². The fourth-order valence-electron chi connectivity index (χ4n) is 3.93. The molecule has 3 aliphatic rings. The van der Waals surface area contributed by atoms with E-state index in [0.29, 0.717) is 17.2 Å². The summed E-state index contributed by atoms with van der Waals surface area (Å²) in [6.45, 7) is 4.19. The Bertz CT molecular complexity index is 301. The SMILES string of the molecule is CN1CCC(C(=O)N2CC3(CCCCC3)C2)C1. The number of nitrogens with zero attached hydrogens (tertiary/aromatic N) is 2. The summed E-state index contributed by atoms with van der Waals surface area (Å²) < 4.78 is 0. The van der Waals surface area contributed by atoms with Crippen LogP contribution in [0.25, 0.3) is 0 Å². The Kier molecular flexibility index (Phi) is 2.89. The van der Waals surface area contributed by atoms with E-state index in [9.17, 15) is 4.79 Å². The first-order chi connectivity index (χ1) is 8.19. The van der Waals surface area contributed by atoms with E-state index >= 15 is 0 Å². The standard InChI is InChI=1S/C14H24N2O/c1-15-8-5-12(9-15)13(17)16-10-14(11-16)6-3-2-4-7-14/h12H,2-11H2,1H3. The number of hydrogen-bond donors (Lipinski definition) is 0. The highest BCUT2D eigenvalue weighted by atomic mass is 16.2. The van der Waals surface area contributed by atoms with Gasteiger partial charge in [0.15, 0.2) is 0 Å². The molecule has 1 amide bonds. The van der Waals surface area contributed by atoms with Crippen LogP contribution in [0.3, 0.4) is 0 Å². The largest absolute Gasteiger partial charge is 0.341 e. The molecule has 1 aliphatic carbocycles.